The van der Waals surface area contributed by atoms with Gasteiger partial charge in [-0.2, -0.15) is 0 Å². The van der Waals surface area contributed by atoms with Crippen molar-refractivity contribution in [2.75, 3.05) is 19.6 Å². The summed E-state index contributed by atoms with van der Waals surface area (Å²) in [5.41, 5.74) is 7.30. The zero-order chi connectivity index (χ0) is 22.1. The second-order valence-corrected chi connectivity index (χ2v) is 7.81. The van der Waals surface area contributed by atoms with Crippen molar-refractivity contribution in [2.45, 2.75) is 25.8 Å². The van der Waals surface area contributed by atoms with E-state index in [1.54, 1.807) is 15.9 Å². The molecule has 1 heterocycles. The minimum atomic E-state index is -0.420. The van der Waals surface area contributed by atoms with E-state index in [2.05, 4.69) is 0 Å². The van der Waals surface area contributed by atoms with E-state index in [-0.39, 0.29) is 24.2 Å². The van der Waals surface area contributed by atoms with Crippen molar-refractivity contribution in [2.24, 2.45) is 11.7 Å². The molecule has 1 saturated heterocycles. The van der Waals surface area contributed by atoms with Crippen LogP contribution >= 0.6 is 0 Å². The second-order valence-electron chi connectivity index (χ2n) is 7.81. The number of amides is 3. The molecule has 0 unspecified atom stereocenters. The fourth-order valence-corrected chi connectivity index (χ4v) is 3.76. The fourth-order valence-electron chi connectivity index (χ4n) is 3.76. The van der Waals surface area contributed by atoms with E-state index in [1.165, 1.54) is 0 Å². The largest absolute Gasteiger partial charge is 0.370 e. The molecule has 0 aliphatic carbocycles. The molecule has 3 rings (SSSR count). The number of carbonyl (C=O) groups excluding carboxylic acids is 3. The SMILES string of the molecule is NC(=O)CCN(Cc1ccccc1)C(=O)C1CCN(C(=O)/C=C/c2ccccc2)CC1. The van der Waals surface area contributed by atoms with Crippen LogP contribution in [0.25, 0.3) is 6.08 Å². The molecule has 1 aliphatic heterocycles. The molecule has 1 aliphatic rings. The molecule has 1 fully saturated rings. The van der Waals surface area contributed by atoms with Gasteiger partial charge in [0.25, 0.3) is 0 Å². The van der Waals surface area contributed by atoms with Gasteiger partial charge in [-0.05, 0) is 30.0 Å². The maximum absolute atomic E-state index is 13.2. The van der Waals surface area contributed by atoms with Gasteiger partial charge in [0.05, 0.1) is 0 Å². The first-order chi connectivity index (χ1) is 15.0. The topological polar surface area (TPSA) is 83.7 Å². The van der Waals surface area contributed by atoms with Crippen LogP contribution in [0.1, 0.15) is 30.4 Å². The molecule has 0 saturated carbocycles. The smallest absolute Gasteiger partial charge is 0.246 e. The second kappa shape index (κ2) is 11.1. The van der Waals surface area contributed by atoms with Crippen LogP contribution in [0.15, 0.2) is 66.7 Å². The normalized spacial score (nSPS) is 14.5. The Hall–Kier alpha value is -3.41. The third-order valence-electron chi connectivity index (χ3n) is 5.53. The summed E-state index contributed by atoms with van der Waals surface area (Å²) in [5, 5.41) is 0. The van der Waals surface area contributed by atoms with Gasteiger partial charge >= 0.3 is 0 Å². The monoisotopic (exact) mass is 419 g/mol. The molecule has 0 radical (unpaired) electrons. The zero-order valence-electron chi connectivity index (χ0n) is 17.7. The molecule has 6 nitrogen and oxygen atoms in total. The molecular formula is C25H29N3O3. The molecule has 31 heavy (non-hydrogen) atoms. The molecular weight excluding hydrogens is 390 g/mol. The lowest BCUT2D eigenvalue weighted by molar-refractivity contribution is -0.140. The fraction of sp³-hybridized carbons (Fsp3) is 0.320. The third-order valence-corrected chi connectivity index (χ3v) is 5.53. The lowest BCUT2D eigenvalue weighted by Gasteiger charge is -2.34. The van der Waals surface area contributed by atoms with Crippen molar-refractivity contribution in [1.29, 1.82) is 0 Å². The summed E-state index contributed by atoms with van der Waals surface area (Å²) in [5.74, 6) is -0.586. The Balaban J connectivity index is 1.56. The van der Waals surface area contributed by atoms with Gasteiger partial charge in [0, 0.05) is 44.6 Å². The first-order valence-electron chi connectivity index (χ1n) is 10.7. The van der Waals surface area contributed by atoms with Gasteiger partial charge in [-0.25, -0.2) is 0 Å². The lowest BCUT2D eigenvalue weighted by atomic mass is 9.94. The van der Waals surface area contributed by atoms with Gasteiger partial charge in [-0.1, -0.05) is 60.7 Å². The highest BCUT2D eigenvalue weighted by Crippen LogP contribution is 2.21. The van der Waals surface area contributed by atoms with Crippen LogP contribution < -0.4 is 5.73 Å². The van der Waals surface area contributed by atoms with Gasteiger partial charge < -0.3 is 15.5 Å². The molecule has 0 spiro atoms. The van der Waals surface area contributed by atoms with Crippen molar-refractivity contribution in [3.05, 3.63) is 77.9 Å². The Labute approximate surface area is 183 Å². The Morgan fingerprint density at radius 1 is 0.968 bits per heavy atom. The number of rotatable bonds is 8. The minimum absolute atomic E-state index is 0.0250. The highest BCUT2D eigenvalue weighted by atomic mass is 16.2. The van der Waals surface area contributed by atoms with Crippen molar-refractivity contribution >= 4 is 23.8 Å². The summed E-state index contributed by atoms with van der Waals surface area (Å²) in [6.45, 7) is 1.85. The Kier molecular flexibility index (Phi) is 7.98. The van der Waals surface area contributed by atoms with Crippen LogP contribution in [0, 0.1) is 5.92 Å². The van der Waals surface area contributed by atoms with Gasteiger partial charge in [-0.15, -0.1) is 0 Å². The molecule has 2 aromatic carbocycles. The van der Waals surface area contributed by atoms with E-state index in [4.69, 9.17) is 5.73 Å². The summed E-state index contributed by atoms with van der Waals surface area (Å²) < 4.78 is 0. The molecule has 0 bridgehead atoms. The van der Waals surface area contributed by atoms with Gasteiger partial charge in [0.2, 0.25) is 17.7 Å². The van der Waals surface area contributed by atoms with Crippen molar-refractivity contribution in [1.82, 2.24) is 9.80 Å². The predicted molar refractivity (Wildman–Crippen MR) is 120 cm³/mol. The van der Waals surface area contributed by atoms with Crippen molar-refractivity contribution < 1.29 is 14.4 Å². The van der Waals surface area contributed by atoms with Crippen molar-refractivity contribution in [3.8, 4) is 0 Å². The average molecular weight is 420 g/mol. The summed E-state index contributed by atoms with van der Waals surface area (Å²) in [6.07, 6.45) is 4.77. The number of hydrogen-bond donors (Lipinski definition) is 1. The first-order valence-corrected chi connectivity index (χ1v) is 10.7. The number of nitrogens with two attached hydrogens (primary N) is 1. The van der Waals surface area contributed by atoms with Gasteiger partial charge in [0.1, 0.15) is 0 Å². The van der Waals surface area contributed by atoms with Crippen LogP contribution in [-0.4, -0.2) is 47.2 Å². The summed E-state index contributed by atoms with van der Waals surface area (Å²) in [7, 11) is 0. The van der Waals surface area contributed by atoms with E-state index in [0.717, 1.165) is 11.1 Å². The third kappa shape index (κ3) is 6.81. The standard InChI is InChI=1S/C25H29N3O3/c26-23(29)15-18-28(19-21-9-5-2-6-10-21)25(31)22-13-16-27(17-14-22)24(30)12-11-20-7-3-1-4-8-20/h1-12,22H,13-19H2,(H2,26,29)/b12-11+. The van der Waals surface area contributed by atoms with Crippen LogP contribution in [-0.2, 0) is 20.9 Å². The maximum atomic E-state index is 13.2. The number of benzene rings is 2. The van der Waals surface area contributed by atoms with Crippen molar-refractivity contribution in [3.63, 3.8) is 0 Å². The summed E-state index contributed by atoms with van der Waals surface area (Å²) in [4.78, 5) is 40.4. The molecule has 6 heteroatoms. The molecule has 162 valence electrons. The first kappa shape index (κ1) is 22.3. The van der Waals surface area contributed by atoms with Crippen LogP contribution in [0.4, 0.5) is 0 Å². The number of carbonyl (C=O) groups is 3. The predicted octanol–water partition coefficient (Wildman–Crippen LogP) is 2.84. The molecule has 3 amide bonds. The van der Waals surface area contributed by atoms with E-state index in [1.807, 2.05) is 66.7 Å². The van der Waals surface area contributed by atoms with E-state index < -0.39 is 5.91 Å². The molecule has 2 N–H and O–H groups in total. The number of hydrogen-bond acceptors (Lipinski definition) is 3. The quantitative estimate of drug-likeness (QED) is 0.668. The zero-order valence-corrected chi connectivity index (χ0v) is 17.7. The summed E-state index contributed by atoms with van der Waals surface area (Å²) >= 11 is 0. The Morgan fingerprint density at radius 3 is 2.19 bits per heavy atom. The minimum Gasteiger partial charge on any atom is -0.370 e. The number of primary amides is 1. The van der Waals surface area contributed by atoms with E-state index in [0.29, 0.717) is 39.0 Å². The van der Waals surface area contributed by atoms with Gasteiger partial charge in [-0.3, -0.25) is 14.4 Å². The average Bonchev–Trinajstić information content (AvgIpc) is 2.81. The highest BCUT2D eigenvalue weighted by molar-refractivity contribution is 5.92. The molecule has 0 aromatic heterocycles. The van der Waals surface area contributed by atoms with Crippen LogP contribution in [0.5, 0.6) is 0 Å². The molecule has 2 aromatic rings. The lowest BCUT2D eigenvalue weighted by Crippen LogP contribution is -2.44. The Bertz CT molecular complexity index is 904. The molecule has 0 atom stereocenters. The number of likely N-dealkylation sites (tertiary alicyclic amines) is 1. The number of piperidine rings is 1. The van der Waals surface area contributed by atoms with Crippen LogP contribution in [0.3, 0.4) is 0 Å². The van der Waals surface area contributed by atoms with Crippen LogP contribution in [0.2, 0.25) is 0 Å². The maximum Gasteiger partial charge on any atom is 0.246 e. The van der Waals surface area contributed by atoms with E-state index in [9.17, 15) is 14.4 Å². The van der Waals surface area contributed by atoms with Gasteiger partial charge in [0.15, 0.2) is 0 Å². The number of nitrogens with zero attached hydrogens (tertiary/aromatic N) is 2. The van der Waals surface area contributed by atoms with E-state index >= 15 is 0 Å². The Morgan fingerprint density at radius 2 is 1.58 bits per heavy atom. The summed E-state index contributed by atoms with van der Waals surface area (Å²) in [6, 6.07) is 19.4. The highest BCUT2D eigenvalue weighted by Gasteiger charge is 2.29.